The van der Waals surface area contributed by atoms with E-state index in [-0.39, 0.29) is 11.6 Å². The molecule has 0 saturated carbocycles. The van der Waals surface area contributed by atoms with Crippen molar-refractivity contribution < 1.29 is 14.5 Å². The number of nitro groups is 1. The summed E-state index contributed by atoms with van der Waals surface area (Å²) in [6.07, 6.45) is 0. The van der Waals surface area contributed by atoms with Crippen LogP contribution in [-0.4, -0.2) is 28.2 Å². The summed E-state index contributed by atoms with van der Waals surface area (Å²) in [4.78, 5) is 28.5. The van der Waals surface area contributed by atoms with Crippen molar-refractivity contribution in [2.75, 3.05) is 12.4 Å². The first kappa shape index (κ1) is 19.1. The van der Waals surface area contributed by atoms with Gasteiger partial charge in [-0.15, -0.1) is 11.8 Å². The van der Waals surface area contributed by atoms with Crippen LogP contribution in [0.2, 0.25) is 0 Å². The minimum absolute atomic E-state index is 0.0840. The Bertz CT molecular complexity index is 1020. The van der Waals surface area contributed by atoms with Gasteiger partial charge in [0.1, 0.15) is 5.52 Å². The van der Waals surface area contributed by atoms with E-state index in [1.54, 1.807) is 17.8 Å². The summed E-state index contributed by atoms with van der Waals surface area (Å²) >= 11 is 2.84. The highest BCUT2D eigenvalue weighted by Crippen LogP contribution is 2.36. The van der Waals surface area contributed by atoms with Crippen molar-refractivity contribution in [2.45, 2.75) is 24.0 Å². The summed E-state index contributed by atoms with van der Waals surface area (Å²) < 4.78 is 5.77. The first-order valence-electron chi connectivity index (χ1n) is 8.08. The Morgan fingerprint density at radius 1 is 1.33 bits per heavy atom. The molecule has 0 atom stereocenters. The highest BCUT2D eigenvalue weighted by atomic mass is 32.2. The first-order chi connectivity index (χ1) is 12.9. The van der Waals surface area contributed by atoms with Crippen LogP contribution in [0.1, 0.15) is 24.2 Å². The Morgan fingerprint density at radius 3 is 2.78 bits per heavy atom. The van der Waals surface area contributed by atoms with Crippen molar-refractivity contribution in [1.82, 2.24) is 4.98 Å². The SMILES string of the molecule is COc1cc([N+](=O)[O-])cc2sc(NC(=O)c3cccc(SC(C)C)c3)nc12. The molecule has 0 bridgehead atoms. The summed E-state index contributed by atoms with van der Waals surface area (Å²) in [5.74, 6) is 0.0139. The summed E-state index contributed by atoms with van der Waals surface area (Å²) in [7, 11) is 1.42. The second-order valence-electron chi connectivity index (χ2n) is 5.92. The number of nitrogens with one attached hydrogen (secondary N) is 1. The number of methoxy groups -OCH3 is 1. The average molecular weight is 403 g/mol. The largest absolute Gasteiger partial charge is 0.494 e. The van der Waals surface area contributed by atoms with E-state index in [2.05, 4.69) is 24.1 Å². The number of nitro benzene ring substituents is 1. The van der Waals surface area contributed by atoms with Crippen molar-refractivity contribution in [2.24, 2.45) is 0 Å². The maximum atomic E-state index is 12.6. The Labute approximate surface area is 163 Å². The van der Waals surface area contributed by atoms with Crippen LogP contribution in [0.15, 0.2) is 41.3 Å². The number of nitrogens with zero attached hydrogens (tertiary/aromatic N) is 2. The Kier molecular flexibility index (Phi) is 5.62. The van der Waals surface area contributed by atoms with Gasteiger partial charge in [-0.25, -0.2) is 4.98 Å². The second kappa shape index (κ2) is 7.93. The molecule has 0 aliphatic carbocycles. The molecule has 1 amide bonds. The van der Waals surface area contributed by atoms with E-state index in [1.165, 1.54) is 19.2 Å². The van der Waals surface area contributed by atoms with Crippen molar-refractivity contribution >= 4 is 50.0 Å². The molecule has 0 fully saturated rings. The third-order valence-corrected chi connectivity index (χ3v) is 5.48. The molecule has 2 aromatic carbocycles. The number of amides is 1. The summed E-state index contributed by atoms with van der Waals surface area (Å²) in [5.41, 5.74) is 0.921. The number of carbonyl (C=O) groups excluding carboxylic acids is 1. The van der Waals surface area contributed by atoms with Crippen LogP contribution in [-0.2, 0) is 0 Å². The summed E-state index contributed by atoms with van der Waals surface area (Å²) in [6.45, 7) is 4.18. The van der Waals surface area contributed by atoms with Gasteiger partial charge in [0.05, 0.1) is 22.8 Å². The minimum atomic E-state index is -0.488. The van der Waals surface area contributed by atoms with E-state index in [0.717, 1.165) is 16.2 Å². The highest BCUT2D eigenvalue weighted by molar-refractivity contribution is 7.99. The molecule has 0 unspecified atom stereocenters. The minimum Gasteiger partial charge on any atom is -0.494 e. The summed E-state index contributed by atoms with van der Waals surface area (Å²) in [5, 5.41) is 14.6. The topological polar surface area (TPSA) is 94.4 Å². The van der Waals surface area contributed by atoms with E-state index >= 15 is 0 Å². The molecule has 0 spiro atoms. The van der Waals surface area contributed by atoms with Gasteiger partial charge in [-0.05, 0) is 18.2 Å². The monoisotopic (exact) mass is 403 g/mol. The lowest BCUT2D eigenvalue weighted by atomic mass is 10.2. The number of hydrogen-bond donors (Lipinski definition) is 1. The third kappa shape index (κ3) is 4.37. The van der Waals surface area contributed by atoms with Crippen molar-refractivity contribution in [3.8, 4) is 5.75 Å². The molecule has 27 heavy (non-hydrogen) atoms. The smallest absolute Gasteiger partial charge is 0.274 e. The molecule has 1 aromatic heterocycles. The molecule has 0 saturated heterocycles. The quantitative estimate of drug-likeness (QED) is 0.355. The van der Waals surface area contributed by atoms with Gasteiger partial charge in [0.15, 0.2) is 10.9 Å². The van der Waals surface area contributed by atoms with E-state index < -0.39 is 4.92 Å². The zero-order valence-electron chi connectivity index (χ0n) is 14.9. The van der Waals surface area contributed by atoms with Gasteiger partial charge in [-0.3, -0.25) is 20.2 Å². The maximum absolute atomic E-state index is 12.6. The number of fused-ring (bicyclic) bond motifs is 1. The fourth-order valence-electron chi connectivity index (χ4n) is 2.45. The van der Waals surface area contributed by atoms with Gasteiger partial charge in [-0.1, -0.05) is 31.3 Å². The van der Waals surface area contributed by atoms with E-state index in [1.807, 2.05) is 18.2 Å². The Morgan fingerprint density at radius 2 is 2.11 bits per heavy atom. The van der Waals surface area contributed by atoms with Crippen LogP contribution in [0.5, 0.6) is 5.75 Å². The molecule has 1 heterocycles. The normalized spacial score (nSPS) is 11.0. The summed E-state index contributed by atoms with van der Waals surface area (Å²) in [6, 6.07) is 10.1. The molecule has 0 aliphatic rings. The Hall–Kier alpha value is -2.65. The molecule has 3 aromatic rings. The van der Waals surface area contributed by atoms with Crippen LogP contribution in [0, 0.1) is 10.1 Å². The molecule has 0 aliphatic heterocycles. The lowest BCUT2D eigenvalue weighted by Gasteiger charge is -2.07. The second-order valence-corrected chi connectivity index (χ2v) is 8.60. The number of ether oxygens (including phenoxy) is 1. The van der Waals surface area contributed by atoms with Crippen molar-refractivity contribution in [3.05, 3.63) is 52.1 Å². The number of aromatic nitrogens is 1. The zero-order chi connectivity index (χ0) is 19.6. The molecule has 1 N–H and O–H groups in total. The molecule has 7 nitrogen and oxygen atoms in total. The van der Waals surface area contributed by atoms with Gasteiger partial charge >= 0.3 is 0 Å². The highest BCUT2D eigenvalue weighted by Gasteiger charge is 2.18. The van der Waals surface area contributed by atoms with Gasteiger partial charge in [0, 0.05) is 21.8 Å². The molecule has 9 heteroatoms. The molecule has 3 rings (SSSR count). The number of hydrogen-bond acceptors (Lipinski definition) is 7. The number of anilines is 1. The van der Waals surface area contributed by atoms with Crippen LogP contribution in [0.4, 0.5) is 10.8 Å². The third-order valence-electron chi connectivity index (χ3n) is 3.56. The molecular formula is C18H17N3O4S2. The number of benzene rings is 2. The first-order valence-corrected chi connectivity index (χ1v) is 9.78. The number of non-ortho nitro benzene ring substituents is 1. The number of thioether (sulfide) groups is 1. The van der Waals surface area contributed by atoms with Gasteiger partial charge in [0.25, 0.3) is 11.6 Å². The van der Waals surface area contributed by atoms with Crippen molar-refractivity contribution in [1.29, 1.82) is 0 Å². The lowest BCUT2D eigenvalue weighted by molar-refractivity contribution is -0.384. The van der Waals surface area contributed by atoms with Crippen LogP contribution in [0.25, 0.3) is 10.2 Å². The fraction of sp³-hybridized carbons (Fsp3) is 0.222. The lowest BCUT2D eigenvalue weighted by Crippen LogP contribution is -2.11. The number of carbonyl (C=O) groups is 1. The number of thiazole rings is 1. The van der Waals surface area contributed by atoms with Crippen LogP contribution in [0.3, 0.4) is 0 Å². The predicted molar refractivity (Wildman–Crippen MR) is 108 cm³/mol. The number of rotatable bonds is 6. The van der Waals surface area contributed by atoms with Gasteiger partial charge in [-0.2, -0.15) is 0 Å². The van der Waals surface area contributed by atoms with E-state index in [4.69, 9.17) is 4.74 Å². The molecule has 140 valence electrons. The average Bonchev–Trinajstić information content (AvgIpc) is 3.02. The van der Waals surface area contributed by atoms with Gasteiger partial charge in [0.2, 0.25) is 0 Å². The molecular weight excluding hydrogens is 386 g/mol. The molecule has 0 radical (unpaired) electrons. The fourth-order valence-corrected chi connectivity index (χ4v) is 4.26. The van der Waals surface area contributed by atoms with E-state index in [0.29, 0.717) is 31.9 Å². The zero-order valence-corrected chi connectivity index (χ0v) is 16.5. The van der Waals surface area contributed by atoms with Crippen LogP contribution < -0.4 is 10.1 Å². The van der Waals surface area contributed by atoms with E-state index in [9.17, 15) is 14.9 Å². The predicted octanol–water partition coefficient (Wildman–Crippen LogP) is 4.97. The standard InChI is InChI=1S/C18H17N3O4S2/c1-10(2)26-13-6-4-5-11(7-13)17(22)20-18-19-16-14(25-3)8-12(21(23)24)9-15(16)27-18/h4-10H,1-3H3,(H,19,20,22). The van der Waals surface area contributed by atoms with Crippen molar-refractivity contribution in [3.63, 3.8) is 0 Å². The maximum Gasteiger partial charge on any atom is 0.274 e. The Balaban J connectivity index is 1.88. The van der Waals surface area contributed by atoms with Gasteiger partial charge < -0.3 is 4.74 Å². The van der Waals surface area contributed by atoms with Crippen LogP contribution >= 0.6 is 23.1 Å².